The number of nitrogens with one attached hydrogen (secondary N) is 2. The number of hydrogen-bond acceptors (Lipinski definition) is 4. The number of hydrogen-bond donors (Lipinski definition) is 2. The van der Waals surface area contributed by atoms with E-state index in [2.05, 4.69) is 15.6 Å². The molecule has 3 aromatic rings. The molecular weight excluding hydrogens is 535 g/mol. The van der Waals surface area contributed by atoms with E-state index in [0.717, 1.165) is 16.7 Å². The van der Waals surface area contributed by atoms with Crippen molar-refractivity contribution < 1.29 is 40.3 Å². The molecule has 0 unspecified atom stereocenters. The van der Waals surface area contributed by atoms with Crippen molar-refractivity contribution in [3.63, 3.8) is 0 Å². The minimum Gasteiger partial charge on any atom is -0.335 e. The van der Waals surface area contributed by atoms with Crippen molar-refractivity contribution in [2.45, 2.75) is 38.1 Å². The van der Waals surface area contributed by atoms with E-state index in [0.29, 0.717) is 12.1 Å². The molecule has 1 aliphatic rings. The zero-order valence-electron chi connectivity index (χ0n) is 20.4. The Labute approximate surface area is 217 Å². The number of anilines is 1. The molecule has 7 nitrogen and oxygen atoms in total. The van der Waals surface area contributed by atoms with Crippen LogP contribution in [0, 0.1) is 23.3 Å². The molecule has 0 bridgehead atoms. The van der Waals surface area contributed by atoms with Gasteiger partial charge in [-0.2, -0.15) is 13.2 Å². The third-order valence-corrected chi connectivity index (χ3v) is 6.32. The molecule has 0 spiro atoms. The van der Waals surface area contributed by atoms with Crippen molar-refractivity contribution in [1.82, 2.24) is 19.8 Å². The van der Waals surface area contributed by atoms with Crippen molar-refractivity contribution in [1.29, 1.82) is 0 Å². The number of benzene rings is 2. The molecule has 1 aromatic heterocycles. The highest BCUT2D eigenvalue weighted by Crippen LogP contribution is 2.33. The number of amides is 2. The number of carbonyl (C=O) groups excluding carboxylic acids is 2. The summed E-state index contributed by atoms with van der Waals surface area (Å²) in [6.45, 7) is -0.793. The normalized spacial score (nSPS) is 14.2. The standard InChI is InChI=1S/C25H22F7N5O2/c1-33-16(8-13-9-18(28)19(29)11-17(13)27)10-21(38)36-6-7-37-20(12-36)22(35-24(37)25(30,31)32)23(39)34-15-4-2-14(26)3-5-15/h2-5,9,11,16,33H,6-8,10,12H2,1H3,(H,34,39)/t16-/m1/s1. The Hall–Kier alpha value is -3.94. The van der Waals surface area contributed by atoms with Crippen molar-refractivity contribution in [3.05, 3.63) is 82.4 Å². The minimum atomic E-state index is -4.87. The number of likely N-dealkylation sites (N-methyl/N-ethyl adjacent to an activating group) is 1. The second kappa shape index (κ2) is 11.0. The van der Waals surface area contributed by atoms with E-state index >= 15 is 0 Å². The molecule has 0 radical (unpaired) electrons. The van der Waals surface area contributed by atoms with Crippen molar-refractivity contribution in [2.75, 3.05) is 18.9 Å². The summed E-state index contributed by atoms with van der Waals surface area (Å²) in [6, 6.07) is 4.96. The summed E-state index contributed by atoms with van der Waals surface area (Å²) in [4.78, 5) is 30.7. The molecule has 2 aromatic carbocycles. The molecule has 0 fully saturated rings. The first-order valence-corrected chi connectivity index (χ1v) is 11.7. The lowest BCUT2D eigenvalue weighted by molar-refractivity contribution is -0.148. The van der Waals surface area contributed by atoms with E-state index in [1.165, 1.54) is 24.1 Å². The van der Waals surface area contributed by atoms with Crippen LogP contribution in [0.15, 0.2) is 36.4 Å². The maximum absolute atomic E-state index is 14.1. The predicted molar refractivity (Wildman–Crippen MR) is 124 cm³/mol. The van der Waals surface area contributed by atoms with E-state index in [-0.39, 0.29) is 49.4 Å². The number of fused-ring (bicyclic) bond motifs is 1. The second-order valence-corrected chi connectivity index (χ2v) is 8.91. The third-order valence-electron chi connectivity index (χ3n) is 6.32. The van der Waals surface area contributed by atoms with Crippen molar-refractivity contribution in [2.24, 2.45) is 0 Å². The van der Waals surface area contributed by atoms with Gasteiger partial charge in [-0.05, 0) is 49.4 Å². The summed E-state index contributed by atoms with van der Waals surface area (Å²) in [5, 5.41) is 5.17. The fourth-order valence-electron chi connectivity index (χ4n) is 4.30. The minimum absolute atomic E-state index is 0.125. The van der Waals surface area contributed by atoms with Crippen LogP contribution in [0.4, 0.5) is 36.4 Å². The lowest BCUT2D eigenvalue weighted by Gasteiger charge is -2.31. The molecule has 2 N–H and O–H groups in total. The van der Waals surface area contributed by atoms with Gasteiger partial charge in [-0.1, -0.05) is 0 Å². The van der Waals surface area contributed by atoms with Gasteiger partial charge in [-0.15, -0.1) is 0 Å². The Bertz CT molecular complexity index is 1390. The number of halogens is 7. The first-order valence-electron chi connectivity index (χ1n) is 11.7. The fraction of sp³-hybridized carbons (Fsp3) is 0.320. The Morgan fingerprint density at radius 2 is 1.67 bits per heavy atom. The van der Waals surface area contributed by atoms with E-state index in [4.69, 9.17) is 0 Å². The van der Waals surface area contributed by atoms with Crippen molar-refractivity contribution in [3.8, 4) is 0 Å². The first kappa shape index (κ1) is 28.1. The van der Waals surface area contributed by atoms with E-state index < -0.39 is 58.8 Å². The van der Waals surface area contributed by atoms with E-state index in [9.17, 15) is 40.3 Å². The molecule has 2 heterocycles. The lowest BCUT2D eigenvalue weighted by Crippen LogP contribution is -2.42. The molecular formula is C25H22F7N5O2. The summed E-state index contributed by atoms with van der Waals surface area (Å²) in [5.74, 6) is -6.95. The number of carbonyl (C=O) groups is 2. The second-order valence-electron chi connectivity index (χ2n) is 8.91. The molecule has 1 atom stereocenters. The van der Waals surface area contributed by atoms with Crippen LogP contribution in [0.3, 0.4) is 0 Å². The maximum atomic E-state index is 14.1. The van der Waals surface area contributed by atoms with Gasteiger partial charge in [0, 0.05) is 37.3 Å². The van der Waals surface area contributed by atoms with Gasteiger partial charge in [0.1, 0.15) is 11.6 Å². The Morgan fingerprint density at radius 3 is 2.31 bits per heavy atom. The number of aromatic nitrogens is 2. The first-order chi connectivity index (χ1) is 18.4. The molecule has 0 aliphatic carbocycles. The molecule has 0 saturated heterocycles. The lowest BCUT2D eigenvalue weighted by atomic mass is 10.0. The summed E-state index contributed by atoms with van der Waals surface area (Å²) in [7, 11) is 1.48. The van der Waals surface area contributed by atoms with Crippen LogP contribution < -0.4 is 10.6 Å². The van der Waals surface area contributed by atoms with Crippen LogP contribution in [0.1, 0.15) is 34.0 Å². The van der Waals surface area contributed by atoms with Gasteiger partial charge >= 0.3 is 6.18 Å². The Kier molecular flexibility index (Phi) is 7.95. The zero-order valence-corrected chi connectivity index (χ0v) is 20.4. The largest absolute Gasteiger partial charge is 0.449 e. The maximum Gasteiger partial charge on any atom is 0.449 e. The van der Waals surface area contributed by atoms with Crippen molar-refractivity contribution >= 4 is 17.5 Å². The number of nitrogens with zero attached hydrogens (tertiary/aromatic N) is 3. The van der Waals surface area contributed by atoms with Gasteiger partial charge in [0.05, 0.1) is 12.2 Å². The average molecular weight is 557 g/mol. The fourth-order valence-corrected chi connectivity index (χ4v) is 4.30. The van der Waals surface area contributed by atoms with Gasteiger partial charge in [0.25, 0.3) is 5.91 Å². The molecule has 39 heavy (non-hydrogen) atoms. The van der Waals surface area contributed by atoms with E-state index in [1.54, 1.807) is 0 Å². The van der Waals surface area contributed by atoms with Gasteiger partial charge < -0.3 is 20.1 Å². The highest BCUT2D eigenvalue weighted by molar-refractivity contribution is 6.03. The van der Waals surface area contributed by atoms with Gasteiger partial charge in [-0.25, -0.2) is 22.5 Å². The molecule has 208 valence electrons. The number of alkyl halides is 3. The molecule has 1 aliphatic heterocycles. The summed E-state index contributed by atoms with van der Waals surface area (Å²) in [6.07, 6.45) is -5.28. The zero-order chi connectivity index (χ0) is 28.5. The predicted octanol–water partition coefficient (Wildman–Crippen LogP) is 4.27. The SMILES string of the molecule is CN[C@@H](CC(=O)N1CCn2c(C(F)(F)F)nc(C(=O)Nc3ccc(F)cc3)c2C1)Cc1cc(F)c(F)cc1F. The van der Waals surface area contributed by atoms with Gasteiger partial charge in [-0.3, -0.25) is 9.59 Å². The topological polar surface area (TPSA) is 79.3 Å². The highest BCUT2D eigenvalue weighted by atomic mass is 19.4. The summed E-state index contributed by atoms with van der Waals surface area (Å²) >= 11 is 0. The summed E-state index contributed by atoms with van der Waals surface area (Å²) < 4.78 is 95.9. The van der Waals surface area contributed by atoms with Crippen LogP contribution in [0.25, 0.3) is 0 Å². The van der Waals surface area contributed by atoms with E-state index in [1.807, 2.05) is 0 Å². The Balaban J connectivity index is 1.54. The van der Waals surface area contributed by atoms with Gasteiger partial charge in [0.2, 0.25) is 11.7 Å². The quantitative estimate of drug-likeness (QED) is 0.336. The van der Waals surface area contributed by atoms with Crippen LogP contribution in [0.5, 0.6) is 0 Å². The monoisotopic (exact) mass is 557 g/mol. The molecule has 2 amide bonds. The molecule has 0 saturated carbocycles. The third kappa shape index (κ3) is 6.21. The Morgan fingerprint density at radius 1 is 1.00 bits per heavy atom. The molecule has 4 rings (SSSR count). The average Bonchev–Trinajstić information content (AvgIpc) is 3.28. The number of rotatable bonds is 7. The van der Waals surface area contributed by atoms with Crippen LogP contribution in [-0.2, 0) is 30.5 Å². The summed E-state index contributed by atoms with van der Waals surface area (Å²) in [5.41, 5.74) is -0.721. The van der Waals surface area contributed by atoms with Crippen LogP contribution in [0.2, 0.25) is 0 Å². The number of imidazole rings is 1. The molecule has 14 heteroatoms. The smallest absolute Gasteiger partial charge is 0.335 e. The van der Waals surface area contributed by atoms with Crippen LogP contribution in [-0.4, -0.2) is 45.9 Å². The van der Waals surface area contributed by atoms with Gasteiger partial charge in [0.15, 0.2) is 17.3 Å². The highest BCUT2D eigenvalue weighted by Gasteiger charge is 2.41. The van der Waals surface area contributed by atoms with Crippen LogP contribution >= 0.6 is 0 Å².